The van der Waals surface area contributed by atoms with Gasteiger partial charge in [-0.05, 0) is 37.1 Å². The van der Waals surface area contributed by atoms with Gasteiger partial charge in [0.05, 0.1) is 0 Å². The fraction of sp³-hybridized carbons (Fsp3) is 0.235. The lowest BCUT2D eigenvalue weighted by Gasteiger charge is -2.16. The van der Waals surface area contributed by atoms with Gasteiger partial charge in [-0.3, -0.25) is 0 Å². The predicted octanol–water partition coefficient (Wildman–Crippen LogP) is 5.68. The molecule has 5 nitrogen and oxygen atoms in total. The van der Waals surface area contributed by atoms with E-state index in [-0.39, 0.29) is 11.1 Å². The quantitative estimate of drug-likeness (QED) is 0.369. The number of alkyl halides is 6. The van der Waals surface area contributed by atoms with Crippen LogP contribution >= 0.6 is 0 Å². The molecule has 0 saturated heterocycles. The van der Waals surface area contributed by atoms with Crippen molar-refractivity contribution in [2.24, 2.45) is 0 Å². The lowest BCUT2D eigenvalue weighted by molar-refractivity contribution is -0.276. The van der Waals surface area contributed by atoms with Crippen molar-refractivity contribution < 1.29 is 50.1 Å². The van der Waals surface area contributed by atoms with Crippen molar-refractivity contribution >= 4 is 6.16 Å². The highest BCUT2D eigenvalue weighted by molar-refractivity contribution is 5.70. The van der Waals surface area contributed by atoms with E-state index in [1.807, 2.05) is 0 Å². The molecular formula is C17H12F6O5. The summed E-state index contributed by atoms with van der Waals surface area (Å²) in [6.45, 7) is 2.55. The van der Waals surface area contributed by atoms with Crippen LogP contribution < -0.4 is 18.9 Å². The lowest BCUT2D eigenvalue weighted by atomic mass is 10.2. The molecule has 152 valence electrons. The van der Waals surface area contributed by atoms with Gasteiger partial charge in [0.2, 0.25) is 0 Å². The average Bonchev–Trinajstić information content (AvgIpc) is 2.52. The maximum Gasteiger partial charge on any atom is 0.573 e. The van der Waals surface area contributed by atoms with Crippen molar-refractivity contribution in [3.8, 4) is 23.0 Å². The number of halogens is 6. The van der Waals surface area contributed by atoms with Crippen LogP contribution in [-0.4, -0.2) is 18.9 Å². The van der Waals surface area contributed by atoms with Crippen LogP contribution in [-0.2, 0) is 0 Å². The lowest BCUT2D eigenvalue weighted by Crippen LogP contribution is -2.21. The molecule has 0 saturated carbocycles. The third-order valence-electron chi connectivity index (χ3n) is 3.17. The van der Waals surface area contributed by atoms with Crippen molar-refractivity contribution in [1.29, 1.82) is 0 Å². The summed E-state index contributed by atoms with van der Waals surface area (Å²) in [5.74, 6) is -2.84. The van der Waals surface area contributed by atoms with E-state index >= 15 is 0 Å². The van der Waals surface area contributed by atoms with Crippen molar-refractivity contribution in [3.05, 3.63) is 47.5 Å². The van der Waals surface area contributed by atoms with Crippen LogP contribution in [0.25, 0.3) is 0 Å². The van der Waals surface area contributed by atoms with Gasteiger partial charge in [0.25, 0.3) is 0 Å². The highest BCUT2D eigenvalue weighted by Crippen LogP contribution is 2.37. The van der Waals surface area contributed by atoms with Gasteiger partial charge in [-0.1, -0.05) is 24.3 Å². The second-order valence-electron chi connectivity index (χ2n) is 5.35. The van der Waals surface area contributed by atoms with E-state index in [0.717, 1.165) is 12.1 Å². The SMILES string of the molecule is Cc1cccc(OC(=O)Oc2cccc(C)c2OC(F)(F)F)c1OC(F)(F)F. The summed E-state index contributed by atoms with van der Waals surface area (Å²) < 4.78 is 92.1. The summed E-state index contributed by atoms with van der Waals surface area (Å²) in [4.78, 5) is 11.9. The average molecular weight is 410 g/mol. The van der Waals surface area contributed by atoms with Gasteiger partial charge in [0.1, 0.15) is 0 Å². The molecule has 2 aromatic carbocycles. The zero-order valence-corrected chi connectivity index (χ0v) is 14.3. The molecule has 0 aliphatic carbocycles. The van der Waals surface area contributed by atoms with E-state index in [2.05, 4.69) is 18.9 Å². The van der Waals surface area contributed by atoms with E-state index in [0.29, 0.717) is 0 Å². The Kier molecular flexibility index (Phi) is 5.95. The van der Waals surface area contributed by atoms with Crippen LogP contribution in [0.4, 0.5) is 31.1 Å². The minimum Gasteiger partial charge on any atom is -0.401 e. The summed E-state index contributed by atoms with van der Waals surface area (Å²) in [5, 5.41) is 0. The predicted molar refractivity (Wildman–Crippen MR) is 82.4 cm³/mol. The Morgan fingerprint density at radius 2 is 1.07 bits per heavy atom. The first-order valence-corrected chi connectivity index (χ1v) is 7.46. The topological polar surface area (TPSA) is 54.0 Å². The molecule has 0 aliphatic rings. The van der Waals surface area contributed by atoms with Crippen molar-refractivity contribution in [3.63, 3.8) is 0 Å². The Morgan fingerprint density at radius 1 is 0.714 bits per heavy atom. The summed E-state index contributed by atoms with van der Waals surface area (Å²) >= 11 is 0. The molecule has 0 aliphatic heterocycles. The van der Waals surface area contributed by atoms with Crippen molar-refractivity contribution in [2.45, 2.75) is 26.6 Å². The van der Waals surface area contributed by atoms with Crippen LogP contribution in [0.3, 0.4) is 0 Å². The molecule has 0 radical (unpaired) electrons. The Morgan fingerprint density at radius 3 is 1.39 bits per heavy atom. The van der Waals surface area contributed by atoms with Gasteiger partial charge in [0.15, 0.2) is 23.0 Å². The van der Waals surface area contributed by atoms with Gasteiger partial charge in [-0.25, -0.2) is 4.79 Å². The van der Waals surface area contributed by atoms with Crippen LogP contribution in [0, 0.1) is 13.8 Å². The molecule has 0 N–H and O–H groups in total. The highest BCUT2D eigenvalue weighted by atomic mass is 19.4. The molecule has 0 aromatic heterocycles. The number of rotatable bonds is 4. The molecule has 0 spiro atoms. The number of hydrogen-bond acceptors (Lipinski definition) is 5. The first-order chi connectivity index (χ1) is 12.9. The van der Waals surface area contributed by atoms with E-state index in [1.165, 1.54) is 38.1 Å². The molecule has 2 aromatic rings. The molecule has 0 amide bonds. The summed E-state index contributed by atoms with van der Waals surface area (Å²) in [5.41, 5.74) is -0.00134. The van der Waals surface area contributed by atoms with Crippen LogP contribution in [0.2, 0.25) is 0 Å². The molecule has 0 unspecified atom stereocenters. The van der Waals surface area contributed by atoms with E-state index in [1.54, 1.807) is 0 Å². The minimum absolute atomic E-state index is 0.000672. The Hall–Kier alpha value is -3.11. The molecule has 0 atom stereocenters. The minimum atomic E-state index is -5.06. The zero-order chi connectivity index (χ0) is 21.1. The number of carbonyl (C=O) groups excluding carboxylic acids is 1. The maximum absolute atomic E-state index is 12.5. The Bertz CT molecular complexity index is 791. The van der Waals surface area contributed by atoms with Gasteiger partial charge in [-0.15, -0.1) is 26.3 Å². The Balaban J connectivity index is 2.25. The molecule has 11 heteroatoms. The molecule has 0 fully saturated rings. The number of aryl methyl sites for hydroxylation is 2. The van der Waals surface area contributed by atoms with E-state index in [9.17, 15) is 31.1 Å². The third kappa shape index (κ3) is 5.96. The van der Waals surface area contributed by atoms with E-state index in [4.69, 9.17) is 0 Å². The largest absolute Gasteiger partial charge is 0.573 e. The number of benzene rings is 2. The fourth-order valence-electron chi connectivity index (χ4n) is 2.11. The maximum atomic E-state index is 12.5. The van der Waals surface area contributed by atoms with Crippen LogP contribution in [0.1, 0.15) is 11.1 Å². The first kappa shape index (κ1) is 21.2. The van der Waals surface area contributed by atoms with Gasteiger partial charge >= 0.3 is 18.9 Å². The summed E-state index contributed by atoms with van der Waals surface area (Å²) in [7, 11) is 0. The third-order valence-corrected chi connectivity index (χ3v) is 3.17. The number of hydrogen-bond donors (Lipinski definition) is 0. The van der Waals surface area contributed by atoms with Crippen molar-refractivity contribution in [2.75, 3.05) is 0 Å². The number of ether oxygens (including phenoxy) is 4. The number of carbonyl (C=O) groups is 1. The molecule has 28 heavy (non-hydrogen) atoms. The second kappa shape index (κ2) is 7.87. The second-order valence-corrected chi connectivity index (χ2v) is 5.35. The molecular weight excluding hydrogens is 398 g/mol. The fourth-order valence-corrected chi connectivity index (χ4v) is 2.11. The summed E-state index contributed by atoms with van der Waals surface area (Å²) in [6, 6.07) is 7.11. The number of para-hydroxylation sites is 2. The monoisotopic (exact) mass is 410 g/mol. The summed E-state index contributed by atoms with van der Waals surface area (Å²) in [6.07, 6.45) is -11.7. The van der Waals surface area contributed by atoms with Crippen LogP contribution in [0.15, 0.2) is 36.4 Å². The standard InChI is InChI=1S/C17H12F6O5/c1-9-5-3-7-11(13(9)27-16(18,19)20)25-15(24)26-12-8-4-6-10(2)14(12)28-17(21,22)23/h3-8H,1-2H3. The van der Waals surface area contributed by atoms with Gasteiger partial charge in [0, 0.05) is 0 Å². The van der Waals surface area contributed by atoms with Crippen molar-refractivity contribution in [1.82, 2.24) is 0 Å². The first-order valence-electron chi connectivity index (χ1n) is 7.46. The van der Waals surface area contributed by atoms with E-state index < -0.39 is 41.9 Å². The molecule has 0 bridgehead atoms. The molecule has 2 rings (SSSR count). The van der Waals surface area contributed by atoms with Crippen LogP contribution in [0.5, 0.6) is 23.0 Å². The normalized spacial score (nSPS) is 11.7. The highest BCUT2D eigenvalue weighted by Gasteiger charge is 2.35. The zero-order valence-electron chi connectivity index (χ0n) is 14.3. The Labute approximate surface area is 154 Å². The van der Waals surface area contributed by atoms with Gasteiger partial charge < -0.3 is 18.9 Å². The smallest absolute Gasteiger partial charge is 0.401 e. The molecule has 0 heterocycles. The van der Waals surface area contributed by atoms with Gasteiger partial charge in [-0.2, -0.15) is 0 Å².